The molecule has 0 aliphatic rings. The van der Waals surface area contributed by atoms with E-state index in [0.717, 1.165) is 0 Å². The number of aliphatic imine (C=N–C) groups is 1. The molecule has 150 valence electrons. The van der Waals surface area contributed by atoms with E-state index in [1.165, 1.54) is 36.5 Å². The highest BCUT2D eigenvalue weighted by molar-refractivity contribution is 9.10. The molecule has 0 spiro atoms. The summed E-state index contributed by atoms with van der Waals surface area (Å²) in [5, 5.41) is 21.3. The average Bonchev–Trinajstić information content (AvgIpc) is 3.11. The zero-order valence-corrected chi connectivity index (χ0v) is 17.2. The summed E-state index contributed by atoms with van der Waals surface area (Å²) in [6.45, 7) is 0. The van der Waals surface area contributed by atoms with Gasteiger partial charge in [-0.1, -0.05) is 27.5 Å². The van der Waals surface area contributed by atoms with E-state index < -0.39 is 22.2 Å². The summed E-state index contributed by atoms with van der Waals surface area (Å²) in [7, 11) is 0. The van der Waals surface area contributed by atoms with E-state index in [4.69, 9.17) is 16.0 Å². The van der Waals surface area contributed by atoms with Crippen molar-refractivity contribution in [1.29, 1.82) is 0 Å². The van der Waals surface area contributed by atoms with E-state index in [9.17, 15) is 19.6 Å². The molecular formula is C20H10BrClFN3O4. The van der Waals surface area contributed by atoms with Gasteiger partial charge < -0.3 is 9.52 Å². The van der Waals surface area contributed by atoms with Crippen molar-refractivity contribution in [3.05, 3.63) is 79.5 Å². The van der Waals surface area contributed by atoms with Gasteiger partial charge in [0.25, 0.3) is 0 Å². The first-order chi connectivity index (χ1) is 14.3. The van der Waals surface area contributed by atoms with Crippen LogP contribution in [-0.4, -0.2) is 21.2 Å². The number of benzene rings is 3. The molecule has 0 saturated heterocycles. The second-order valence-corrected chi connectivity index (χ2v) is 7.50. The Morgan fingerprint density at radius 2 is 2.03 bits per heavy atom. The van der Waals surface area contributed by atoms with Crippen LogP contribution in [0.25, 0.3) is 22.6 Å². The fraction of sp³-hybridized carbons (Fsp3) is 0. The first-order valence-corrected chi connectivity index (χ1v) is 9.56. The van der Waals surface area contributed by atoms with Crippen molar-refractivity contribution in [3.63, 3.8) is 0 Å². The zero-order chi connectivity index (χ0) is 21.4. The minimum atomic E-state index is -0.680. The number of aromatic nitrogens is 1. The number of hydrogen-bond donors (Lipinski definition) is 1. The first-order valence-electron chi connectivity index (χ1n) is 8.39. The van der Waals surface area contributed by atoms with Gasteiger partial charge in [0.15, 0.2) is 5.58 Å². The highest BCUT2D eigenvalue weighted by Gasteiger charge is 2.18. The lowest BCUT2D eigenvalue weighted by Crippen LogP contribution is -1.92. The Labute approximate surface area is 181 Å². The molecule has 0 fully saturated rings. The van der Waals surface area contributed by atoms with Gasteiger partial charge in [0.1, 0.15) is 11.3 Å². The predicted octanol–water partition coefficient (Wildman–Crippen LogP) is 6.41. The smallest absolute Gasteiger partial charge is 0.312 e. The van der Waals surface area contributed by atoms with Gasteiger partial charge in [-0.05, 0) is 42.5 Å². The molecule has 3 aromatic carbocycles. The van der Waals surface area contributed by atoms with Crippen molar-refractivity contribution in [2.45, 2.75) is 0 Å². The van der Waals surface area contributed by atoms with Crippen LogP contribution in [0.15, 0.2) is 62.4 Å². The SMILES string of the molecule is O=[N+]([O-])c1cc(Br)cc(C=Nc2ccc3oc(-c4ccc(F)cc4Cl)nc3c2)c1O. The number of hydrogen-bond acceptors (Lipinski definition) is 6. The number of aromatic hydroxyl groups is 1. The van der Waals surface area contributed by atoms with Gasteiger partial charge in [-0.2, -0.15) is 0 Å². The van der Waals surface area contributed by atoms with E-state index in [0.29, 0.717) is 26.8 Å². The molecule has 0 radical (unpaired) electrons. The maximum Gasteiger partial charge on any atom is 0.312 e. The van der Waals surface area contributed by atoms with Crippen molar-refractivity contribution in [2.75, 3.05) is 0 Å². The van der Waals surface area contributed by atoms with Crippen LogP contribution in [0.3, 0.4) is 0 Å². The molecule has 0 bridgehead atoms. The molecule has 0 aliphatic heterocycles. The molecule has 4 aromatic rings. The van der Waals surface area contributed by atoms with Crippen molar-refractivity contribution >= 4 is 56.2 Å². The van der Waals surface area contributed by atoms with Gasteiger partial charge in [0, 0.05) is 22.3 Å². The number of nitrogens with zero attached hydrogens (tertiary/aromatic N) is 3. The standard InChI is InChI=1S/C20H10BrClFN3O4/c21-11-5-10(19(27)17(6-11)26(28)29)9-24-13-2-4-18-16(8-13)25-20(30-18)14-3-1-12(23)7-15(14)22/h1-9,27H. The summed E-state index contributed by atoms with van der Waals surface area (Å²) in [4.78, 5) is 19.0. The third-order valence-corrected chi connectivity index (χ3v) is 4.94. The molecule has 0 atom stereocenters. The van der Waals surface area contributed by atoms with Crippen LogP contribution >= 0.6 is 27.5 Å². The van der Waals surface area contributed by atoms with Crippen molar-refractivity contribution in [3.8, 4) is 17.2 Å². The summed E-state index contributed by atoms with van der Waals surface area (Å²) in [6, 6.07) is 11.6. The molecule has 0 saturated carbocycles. The quantitative estimate of drug-likeness (QED) is 0.202. The summed E-state index contributed by atoms with van der Waals surface area (Å²) >= 11 is 9.24. The minimum absolute atomic E-state index is 0.173. The van der Waals surface area contributed by atoms with Gasteiger partial charge in [-0.25, -0.2) is 9.37 Å². The highest BCUT2D eigenvalue weighted by Crippen LogP contribution is 2.34. The summed E-state index contributed by atoms with van der Waals surface area (Å²) in [5.74, 6) is -0.716. The van der Waals surface area contributed by atoms with Crippen molar-refractivity contribution in [2.24, 2.45) is 4.99 Å². The summed E-state index contributed by atoms with van der Waals surface area (Å²) < 4.78 is 19.4. The number of nitro groups is 1. The van der Waals surface area contributed by atoms with Crippen molar-refractivity contribution in [1.82, 2.24) is 4.98 Å². The normalized spacial score (nSPS) is 11.4. The Morgan fingerprint density at radius 1 is 1.23 bits per heavy atom. The molecule has 1 N–H and O–H groups in total. The lowest BCUT2D eigenvalue weighted by Gasteiger charge is -2.01. The van der Waals surface area contributed by atoms with E-state index in [2.05, 4.69) is 25.9 Å². The monoisotopic (exact) mass is 489 g/mol. The minimum Gasteiger partial charge on any atom is -0.502 e. The molecule has 0 aliphatic carbocycles. The number of nitro benzene ring substituents is 1. The van der Waals surface area contributed by atoms with Crippen LogP contribution in [0.1, 0.15) is 5.56 Å². The Morgan fingerprint density at radius 3 is 2.77 bits per heavy atom. The van der Waals surface area contributed by atoms with Crippen LogP contribution in [-0.2, 0) is 0 Å². The number of halogens is 3. The molecule has 0 unspecified atom stereocenters. The largest absolute Gasteiger partial charge is 0.502 e. The van der Waals surface area contributed by atoms with Gasteiger partial charge >= 0.3 is 5.69 Å². The second kappa shape index (κ2) is 7.85. The predicted molar refractivity (Wildman–Crippen MR) is 114 cm³/mol. The molecule has 7 nitrogen and oxygen atoms in total. The van der Waals surface area contributed by atoms with Crippen LogP contribution in [0, 0.1) is 15.9 Å². The Hall–Kier alpha value is -3.30. The van der Waals surface area contributed by atoms with Gasteiger partial charge in [0.2, 0.25) is 11.6 Å². The summed E-state index contributed by atoms with van der Waals surface area (Å²) in [6.07, 6.45) is 1.31. The summed E-state index contributed by atoms with van der Waals surface area (Å²) in [5.41, 5.74) is 1.64. The van der Waals surface area contributed by atoms with E-state index in [1.807, 2.05) is 0 Å². The lowest BCUT2D eigenvalue weighted by molar-refractivity contribution is -0.385. The Bertz CT molecular complexity index is 1340. The maximum atomic E-state index is 13.3. The number of oxazole rings is 1. The number of fused-ring (bicyclic) bond motifs is 1. The van der Waals surface area contributed by atoms with Gasteiger partial charge in [0.05, 0.1) is 21.2 Å². The van der Waals surface area contributed by atoms with E-state index in [1.54, 1.807) is 18.2 Å². The van der Waals surface area contributed by atoms with Gasteiger partial charge in [-0.15, -0.1) is 0 Å². The topological polar surface area (TPSA) is 102 Å². The van der Waals surface area contributed by atoms with Crippen LogP contribution in [0.5, 0.6) is 5.75 Å². The van der Waals surface area contributed by atoms with E-state index >= 15 is 0 Å². The second-order valence-electron chi connectivity index (χ2n) is 6.17. The third kappa shape index (κ3) is 3.89. The number of rotatable bonds is 4. The molecule has 10 heteroatoms. The maximum absolute atomic E-state index is 13.3. The van der Waals surface area contributed by atoms with Gasteiger partial charge in [-0.3, -0.25) is 15.1 Å². The molecule has 4 rings (SSSR count). The molecule has 30 heavy (non-hydrogen) atoms. The number of phenolic OH excluding ortho intramolecular Hbond substituents is 1. The Kier molecular flexibility index (Phi) is 5.23. The van der Waals surface area contributed by atoms with Crippen LogP contribution in [0.2, 0.25) is 5.02 Å². The fourth-order valence-corrected chi connectivity index (χ4v) is 3.47. The zero-order valence-electron chi connectivity index (χ0n) is 14.8. The molecular weight excluding hydrogens is 481 g/mol. The van der Waals surface area contributed by atoms with Crippen LogP contribution < -0.4 is 0 Å². The lowest BCUT2D eigenvalue weighted by atomic mass is 10.2. The third-order valence-electron chi connectivity index (χ3n) is 4.17. The van der Waals surface area contributed by atoms with E-state index in [-0.39, 0.29) is 16.5 Å². The first kappa shape index (κ1) is 20.0. The van der Waals surface area contributed by atoms with Crippen LogP contribution in [0.4, 0.5) is 15.8 Å². The fourth-order valence-electron chi connectivity index (χ4n) is 2.76. The highest BCUT2D eigenvalue weighted by atomic mass is 79.9. The average molecular weight is 491 g/mol. The molecule has 0 amide bonds. The Balaban J connectivity index is 1.69. The molecule has 1 heterocycles. The number of phenols is 1. The van der Waals surface area contributed by atoms with Crippen molar-refractivity contribution < 1.29 is 18.8 Å². The molecule has 1 aromatic heterocycles.